The molecule has 0 aliphatic carbocycles. The molecular formula is C27H37N5O3. The van der Waals surface area contributed by atoms with Crippen LogP contribution in [0, 0.1) is 5.41 Å². The Bertz CT molecular complexity index is 1180. The molecule has 0 saturated heterocycles. The topological polar surface area (TPSA) is 89.0 Å². The quantitative estimate of drug-likeness (QED) is 0.591. The van der Waals surface area contributed by atoms with Gasteiger partial charge in [-0.3, -0.25) is 15.0 Å². The summed E-state index contributed by atoms with van der Waals surface area (Å²) >= 11 is 0. The van der Waals surface area contributed by atoms with E-state index in [0.717, 1.165) is 28.3 Å². The normalized spacial score (nSPS) is 12.9. The number of anilines is 2. The third-order valence-corrected chi connectivity index (χ3v) is 6.33. The molecule has 8 nitrogen and oxygen atoms in total. The number of ketones is 1. The van der Waals surface area contributed by atoms with Crippen molar-refractivity contribution in [3.8, 4) is 5.75 Å². The summed E-state index contributed by atoms with van der Waals surface area (Å²) in [5.41, 5.74) is 5.07. The fourth-order valence-electron chi connectivity index (χ4n) is 4.40. The fourth-order valence-corrected chi connectivity index (χ4v) is 4.40. The first-order valence-corrected chi connectivity index (χ1v) is 11.6. The van der Waals surface area contributed by atoms with Crippen molar-refractivity contribution in [1.82, 2.24) is 10.2 Å². The lowest BCUT2D eigenvalue weighted by Crippen LogP contribution is -2.30. The van der Waals surface area contributed by atoms with E-state index in [1.165, 1.54) is 0 Å². The number of nitrogens with zero attached hydrogens (tertiary/aromatic N) is 3. The summed E-state index contributed by atoms with van der Waals surface area (Å²) in [7, 11) is 10.9. The van der Waals surface area contributed by atoms with Gasteiger partial charge in [0, 0.05) is 64.2 Å². The van der Waals surface area contributed by atoms with Gasteiger partial charge in [0.05, 0.1) is 24.9 Å². The predicted octanol–water partition coefficient (Wildman–Crippen LogP) is 3.51. The lowest BCUT2D eigenvalue weighted by Gasteiger charge is -2.27. The van der Waals surface area contributed by atoms with Crippen LogP contribution in [-0.2, 0) is 12.0 Å². The van der Waals surface area contributed by atoms with E-state index in [-0.39, 0.29) is 29.5 Å². The third kappa shape index (κ3) is 4.97. The van der Waals surface area contributed by atoms with Crippen LogP contribution in [0.2, 0.25) is 0 Å². The minimum atomic E-state index is -0.220. The lowest BCUT2D eigenvalue weighted by molar-refractivity contribution is 0.0955. The van der Waals surface area contributed by atoms with Gasteiger partial charge >= 0.3 is 0 Å². The van der Waals surface area contributed by atoms with Crippen molar-refractivity contribution in [2.24, 2.45) is 0 Å². The molecule has 2 N–H and O–H groups in total. The molecule has 0 fully saturated rings. The molecule has 0 atom stereocenters. The third-order valence-electron chi connectivity index (χ3n) is 6.33. The van der Waals surface area contributed by atoms with E-state index >= 15 is 0 Å². The molecule has 3 rings (SSSR count). The van der Waals surface area contributed by atoms with Crippen molar-refractivity contribution >= 4 is 28.9 Å². The van der Waals surface area contributed by atoms with Gasteiger partial charge < -0.3 is 24.8 Å². The van der Waals surface area contributed by atoms with E-state index in [2.05, 4.69) is 26.1 Å². The molecule has 188 valence electrons. The Labute approximate surface area is 208 Å². The first-order valence-electron chi connectivity index (χ1n) is 11.6. The monoisotopic (exact) mass is 479 g/mol. The number of carbonyl (C=O) groups is 2. The molecule has 1 amide bonds. The first-order chi connectivity index (χ1) is 16.3. The predicted molar refractivity (Wildman–Crippen MR) is 142 cm³/mol. The lowest BCUT2D eigenvalue weighted by atomic mass is 9.84. The van der Waals surface area contributed by atoms with E-state index in [1.807, 2.05) is 56.2 Å². The van der Waals surface area contributed by atoms with Crippen molar-refractivity contribution in [3.05, 3.63) is 52.1 Å². The Morgan fingerprint density at radius 3 is 2.20 bits per heavy atom. The highest BCUT2D eigenvalue weighted by Gasteiger charge is 2.30. The zero-order valence-electron chi connectivity index (χ0n) is 22.3. The van der Waals surface area contributed by atoms with Crippen molar-refractivity contribution in [2.75, 3.05) is 58.7 Å². The highest BCUT2D eigenvalue weighted by Crippen LogP contribution is 2.40. The second-order valence-corrected chi connectivity index (χ2v) is 10.3. The fraction of sp³-hybridized carbons (Fsp3) is 0.444. The van der Waals surface area contributed by atoms with Gasteiger partial charge in [0.15, 0.2) is 5.78 Å². The van der Waals surface area contributed by atoms with Gasteiger partial charge in [-0.25, -0.2) is 0 Å². The van der Waals surface area contributed by atoms with Crippen molar-refractivity contribution < 1.29 is 14.3 Å². The first kappa shape index (κ1) is 26.1. The largest absolute Gasteiger partial charge is 0.494 e. The maximum Gasteiger partial charge on any atom is 0.253 e. The molecule has 2 aromatic carbocycles. The van der Waals surface area contributed by atoms with Crippen LogP contribution in [-0.4, -0.2) is 71.3 Å². The van der Waals surface area contributed by atoms with Crippen LogP contribution in [0.25, 0.3) is 0 Å². The maximum absolute atomic E-state index is 13.5. The number of ether oxygens (including phenoxy) is 1. The number of fused-ring (bicyclic) bond motifs is 1. The summed E-state index contributed by atoms with van der Waals surface area (Å²) in [6, 6.07) is 7.46. The second kappa shape index (κ2) is 9.60. The summed E-state index contributed by atoms with van der Waals surface area (Å²) in [5, 5.41) is 11.4. The number of carbonyl (C=O) groups excluding carboxylic acids is 2. The zero-order valence-corrected chi connectivity index (χ0v) is 22.3. The van der Waals surface area contributed by atoms with Gasteiger partial charge in [-0.1, -0.05) is 20.8 Å². The molecule has 0 aromatic heterocycles. The number of nitrogens with one attached hydrogen (secondary N) is 2. The Hall–Kier alpha value is -3.55. The number of methoxy groups -OCH3 is 1. The molecule has 0 saturated carbocycles. The summed E-state index contributed by atoms with van der Waals surface area (Å²) in [6.07, 6.45) is 0. The van der Waals surface area contributed by atoms with Crippen molar-refractivity contribution in [2.45, 2.75) is 32.7 Å². The van der Waals surface area contributed by atoms with Crippen LogP contribution in [0.5, 0.6) is 5.75 Å². The SMILES string of the molecule is CNC(=O)c1cc2c(cc1N(C)C)CN(CC(=O)c1cc(N(C)C)c(OC)c(C(C)(C)C)c1)C2=N. The molecule has 1 heterocycles. The van der Waals surface area contributed by atoms with E-state index in [1.54, 1.807) is 25.1 Å². The number of amides is 1. The van der Waals surface area contributed by atoms with Gasteiger partial charge in [0.1, 0.15) is 11.6 Å². The van der Waals surface area contributed by atoms with Gasteiger partial charge in [0.25, 0.3) is 5.91 Å². The maximum atomic E-state index is 13.5. The van der Waals surface area contributed by atoms with E-state index < -0.39 is 0 Å². The number of hydrogen-bond donors (Lipinski definition) is 2. The molecule has 0 spiro atoms. The Morgan fingerprint density at radius 1 is 1.06 bits per heavy atom. The summed E-state index contributed by atoms with van der Waals surface area (Å²) < 4.78 is 5.73. The van der Waals surface area contributed by atoms with Crippen molar-refractivity contribution in [1.29, 1.82) is 5.41 Å². The van der Waals surface area contributed by atoms with Crippen LogP contribution in [0.1, 0.15) is 58.2 Å². The van der Waals surface area contributed by atoms with E-state index in [0.29, 0.717) is 23.2 Å². The highest BCUT2D eigenvalue weighted by molar-refractivity contribution is 6.08. The minimum absolute atomic E-state index is 0.0711. The average molecular weight is 480 g/mol. The number of rotatable bonds is 7. The zero-order chi connectivity index (χ0) is 26.2. The minimum Gasteiger partial charge on any atom is -0.494 e. The number of Topliss-reactive ketones (excluding diaryl/α,β-unsaturated/α-hetero) is 1. The average Bonchev–Trinajstić information content (AvgIpc) is 3.10. The molecule has 0 bridgehead atoms. The van der Waals surface area contributed by atoms with Crippen LogP contribution in [0.15, 0.2) is 24.3 Å². The van der Waals surface area contributed by atoms with E-state index in [9.17, 15) is 9.59 Å². The smallest absolute Gasteiger partial charge is 0.253 e. The number of benzene rings is 2. The molecule has 0 radical (unpaired) electrons. The van der Waals surface area contributed by atoms with Crippen LogP contribution in [0.4, 0.5) is 11.4 Å². The van der Waals surface area contributed by atoms with Gasteiger partial charge in [-0.2, -0.15) is 0 Å². The molecule has 35 heavy (non-hydrogen) atoms. The Morgan fingerprint density at radius 2 is 1.69 bits per heavy atom. The van der Waals surface area contributed by atoms with Crippen LogP contribution in [0.3, 0.4) is 0 Å². The van der Waals surface area contributed by atoms with Crippen molar-refractivity contribution in [3.63, 3.8) is 0 Å². The summed E-state index contributed by atoms with van der Waals surface area (Å²) in [6.45, 7) is 6.80. The Kier molecular flexibility index (Phi) is 7.15. The molecular weight excluding hydrogens is 442 g/mol. The van der Waals surface area contributed by atoms with Gasteiger partial charge in [0.2, 0.25) is 0 Å². The molecule has 1 aliphatic heterocycles. The second-order valence-electron chi connectivity index (χ2n) is 10.3. The molecule has 8 heteroatoms. The molecule has 0 unspecified atom stereocenters. The van der Waals surface area contributed by atoms with Gasteiger partial charge in [-0.15, -0.1) is 0 Å². The molecule has 1 aliphatic rings. The van der Waals surface area contributed by atoms with E-state index in [4.69, 9.17) is 10.1 Å². The van der Waals surface area contributed by atoms with Gasteiger partial charge in [-0.05, 0) is 35.2 Å². The standard InChI is InChI=1S/C27H37N5O3/c1-27(2,3)20-10-16(11-22(31(7)8)24(20)35-9)23(33)15-32-14-17-12-21(30(5)6)19(26(34)29-4)13-18(17)25(32)28/h10-13,28H,14-15H2,1-9H3,(H,29,34). The number of amidine groups is 1. The Balaban J connectivity index is 1.96. The highest BCUT2D eigenvalue weighted by atomic mass is 16.5. The van der Waals surface area contributed by atoms with Crippen LogP contribution >= 0.6 is 0 Å². The number of hydrogen-bond acceptors (Lipinski definition) is 6. The van der Waals surface area contributed by atoms with Crippen LogP contribution < -0.4 is 19.9 Å². The molecule has 2 aromatic rings. The summed E-state index contributed by atoms with van der Waals surface area (Å²) in [5.74, 6) is 0.737. The summed E-state index contributed by atoms with van der Waals surface area (Å²) in [4.78, 5) is 31.5.